The molecule has 6 heteroatoms. The summed E-state index contributed by atoms with van der Waals surface area (Å²) in [5.74, 6) is -0.0508. The van der Waals surface area contributed by atoms with E-state index in [9.17, 15) is 13.2 Å². The molecule has 30 heavy (non-hydrogen) atoms. The van der Waals surface area contributed by atoms with Gasteiger partial charge in [0.05, 0.1) is 4.90 Å². The van der Waals surface area contributed by atoms with Crippen molar-refractivity contribution in [1.82, 2.24) is 4.72 Å². The van der Waals surface area contributed by atoms with Crippen molar-refractivity contribution in [2.45, 2.75) is 75.3 Å². The van der Waals surface area contributed by atoms with Gasteiger partial charge < -0.3 is 4.90 Å². The third kappa shape index (κ3) is 4.44. The molecule has 0 saturated heterocycles. The smallest absolute Gasteiger partial charge is 0.258 e. The maximum atomic E-state index is 13.0. The van der Waals surface area contributed by atoms with Gasteiger partial charge in [-0.2, -0.15) is 0 Å². The lowest BCUT2D eigenvalue weighted by atomic mass is 9.97. The maximum Gasteiger partial charge on any atom is 0.258 e. The second kappa shape index (κ2) is 8.90. The van der Waals surface area contributed by atoms with Crippen LogP contribution in [0.2, 0.25) is 0 Å². The third-order valence-corrected chi connectivity index (χ3v) is 7.76. The quantitative estimate of drug-likeness (QED) is 0.773. The van der Waals surface area contributed by atoms with Gasteiger partial charge in [0.15, 0.2) is 0 Å². The van der Waals surface area contributed by atoms with Crippen molar-refractivity contribution in [3.8, 4) is 0 Å². The fourth-order valence-electron chi connectivity index (χ4n) is 4.67. The van der Waals surface area contributed by atoms with E-state index in [1.165, 1.54) is 19.3 Å². The predicted molar refractivity (Wildman–Crippen MR) is 119 cm³/mol. The molecular formula is C24H30N2O3S. The third-order valence-electron chi connectivity index (χ3n) is 6.24. The van der Waals surface area contributed by atoms with E-state index in [0.717, 1.165) is 36.9 Å². The van der Waals surface area contributed by atoms with Gasteiger partial charge in [-0.3, -0.25) is 4.79 Å². The molecule has 0 bridgehead atoms. The molecule has 2 aromatic rings. The van der Waals surface area contributed by atoms with Gasteiger partial charge in [-0.1, -0.05) is 50.3 Å². The van der Waals surface area contributed by atoms with Gasteiger partial charge in [0.2, 0.25) is 10.0 Å². The van der Waals surface area contributed by atoms with Crippen LogP contribution >= 0.6 is 0 Å². The molecule has 4 rings (SSSR count). The molecule has 1 atom stereocenters. The fraction of sp³-hybridized carbons (Fsp3) is 0.458. The van der Waals surface area contributed by atoms with Gasteiger partial charge in [-0.15, -0.1) is 0 Å². The molecule has 1 aliphatic carbocycles. The number of hydrogen-bond acceptors (Lipinski definition) is 3. The lowest BCUT2D eigenvalue weighted by Crippen LogP contribution is -2.35. The van der Waals surface area contributed by atoms with Crippen LogP contribution in [-0.4, -0.2) is 26.4 Å². The Morgan fingerprint density at radius 2 is 1.63 bits per heavy atom. The minimum absolute atomic E-state index is 0.00998. The van der Waals surface area contributed by atoms with Crippen molar-refractivity contribution in [1.29, 1.82) is 0 Å². The van der Waals surface area contributed by atoms with Crippen molar-refractivity contribution in [3.05, 3.63) is 59.7 Å². The number of carbonyl (C=O) groups excluding carboxylic acids is 1. The number of carbonyl (C=O) groups is 1. The largest absolute Gasteiger partial charge is 0.305 e. The summed E-state index contributed by atoms with van der Waals surface area (Å²) in [6, 6.07) is 14.4. The first kappa shape index (κ1) is 21.1. The number of benzene rings is 2. The standard InChI is InChI=1S/C24H30N2O3S/c1-18-16-20-17-22(30(28,29)25-21-12-8-3-2-4-9-13-21)14-15-23(20)26(18)24(27)19-10-6-5-7-11-19/h5-7,10-11,14-15,17-18,21,25H,2-4,8-9,12-13,16H2,1H3/t18-/m1/s1. The highest BCUT2D eigenvalue weighted by Gasteiger charge is 2.33. The molecule has 1 fully saturated rings. The van der Waals surface area contributed by atoms with Gasteiger partial charge in [0.1, 0.15) is 0 Å². The molecular weight excluding hydrogens is 396 g/mol. The van der Waals surface area contributed by atoms with Crippen molar-refractivity contribution in [2.75, 3.05) is 4.90 Å². The molecule has 1 saturated carbocycles. The maximum absolute atomic E-state index is 13.0. The first-order valence-electron chi connectivity index (χ1n) is 11.0. The topological polar surface area (TPSA) is 66.5 Å². The zero-order valence-corrected chi connectivity index (χ0v) is 18.3. The highest BCUT2D eigenvalue weighted by Crippen LogP contribution is 2.35. The van der Waals surface area contributed by atoms with Crippen molar-refractivity contribution in [2.24, 2.45) is 0 Å². The Hall–Kier alpha value is -2.18. The summed E-state index contributed by atoms with van der Waals surface area (Å²) < 4.78 is 29.0. The molecule has 0 unspecified atom stereocenters. The van der Waals surface area contributed by atoms with Crippen molar-refractivity contribution < 1.29 is 13.2 Å². The first-order valence-corrected chi connectivity index (χ1v) is 12.5. The number of fused-ring (bicyclic) bond motifs is 1. The molecule has 0 spiro atoms. The zero-order chi connectivity index (χ0) is 21.1. The van der Waals surface area contributed by atoms with Gasteiger partial charge >= 0.3 is 0 Å². The van der Waals surface area contributed by atoms with Crippen LogP contribution in [0.3, 0.4) is 0 Å². The average Bonchev–Trinajstić information content (AvgIpc) is 3.05. The Bertz CT molecular complexity index is 996. The summed E-state index contributed by atoms with van der Waals surface area (Å²) in [5.41, 5.74) is 2.36. The van der Waals surface area contributed by atoms with Crippen LogP contribution in [0.1, 0.15) is 67.8 Å². The molecule has 0 radical (unpaired) electrons. The summed E-state index contributed by atoms with van der Waals surface area (Å²) in [7, 11) is -3.57. The number of rotatable bonds is 4. The van der Waals surface area contributed by atoms with E-state index < -0.39 is 10.0 Å². The molecule has 1 amide bonds. The second-order valence-corrected chi connectivity index (χ2v) is 10.3. The summed E-state index contributed by atoms with van der Waals surface area (Å²) >= 11 is 0. The fourth-order valence-corrected chi connectivity index (χ4v) is 6.02. The van der Waals surface area contributed by atoms with Crippen LogP contribution in [0.5, 0.6) is 0 Å². The van der Waals surface area contributed by atoms with E-state index in [4.69, 9.17) is 0 Å². The van der Waals surface area contributed by atoms with E-state index in [1.54, 1.807) is 23.1 Å². The minimum atomic E-state index is -3.57. The Balaban J connectivity index is 1.55. The van der Waals surface area contributed by atoms with Gasteiger partial charge in [-0.05, 0) is 62.1 Å². The molecule has 1 aliphatic heterocycles. The average molecular weight is 427 g/mol. The Morgan fingerprint density at radius 1 is 0.967 bits per heavy atom. The number of anilines is 1. The number of nitrogens with one attached hydrogen (secondary N) is 1. The van der Waals surface area contributed by atoms with Crippen molar-refractivity contribution >= 4 is 21.6 Å². The first-order chi connectivity index (χ1) is 14.5. The summed E-state index contributed by atoms with van der Waals surface area (Å²) in [6.07, 6.45) is 8.22. The molecule has 5 nitrogen and oxygen atoms in total. The Labute approximate surface area is 179 Å². The van der Waals surface area contributed by atoms with Gasteiger partial charge in [-0.25, -0.2) is 13.1 Å². The number of amides is 1. The highest BCUT2D eigenvalue weighted by molar-refractivity contribution is 7.89. The van der Waals surface area contributed by atoms with Crippen LogP contribution in [0, 0.1) is 0 Å². The Kier molecular flexibility index (Phi) is 6.25. The Morgan fingerprint density at radius 3 is 2.33 bits per heavy atom. The SMILES string of the molecule is C[C@@H]1Cc2cc(S(=O)(=O)NC3CCCCCCC3)ccc2N1C(=O)c1ccccc1. The van der Waals surface area contributed by atoms with Crippen LogP contribution in [-0.2, 0) is 16.4 Å². The normalized spacial score (nSPS) is 20.4. The second-order valence-electron chi connectivity index (χ2n) is 8.55. The van der Waals surface area contributed by atoms with Gasteiger partial charge in [0.25, 0.3) is 5.91 Å². The van der Waals surface area contributed by atoms with Crippen LogP contribution < -0.4 is 9.62 Å². The molecule has 2 aliphatic rings. The molecule has 1 heterocycles. The lowest BCUT2D eigenvalue weighted by Gasteiger charge is -2.23. The van der Waals surface area contributed by atoms with E-state index >= 15 is 0 Å². The van der Waals surface area contributed by atoms with Crippen LogP contribution in [0.25, 0.3) is 0 Å². The number of hydrogen-bond donors (Lipinski definition) is 1. The van der Waals surface area contributed by atoms with E-state index in [1.807, 2.05) is 37.3 Å². The summed E-state index contributed by atoms with van der Waals surface area (Å²) in [6.45, 7) is 2.00. The molecule has 160 valence electrons. The monoisotopic (exact) mass is 426 g/mol. The zero-order valence-electron chi connectivity index (χ0n) is 17.5. The summed E-state index contributed by atoms with van der Waals surface area (Å²) in [4.78, 5) is 15.1. The minimum Gasteiger partial charge on any atom is -0.305 e. The van der Waals surface area contributed by atoms with E-state index in [0.29, 0.717) is 16.9 Å². The molecule has 1 N–H and O–H groups in total. The number of nitrogens with zero attached hydrogens (tertiary/aromatic N) is 1. The van der Waals surface area contributed by atoms with Gasteiger partial charge in [0, 0.05) is 23.3 Å². The molecule has 0 aromatic heterocycles. The highest BCUT2D eigenvalue weighted by atomic mass is 32.2. The van der Waals surface area contributed by atoms with Crippen molar-refractivity contribution in [3.63, 3.8) is 0 Å². The lowest BCUT2D eigenvalue weighted by molar-refractivity contribution is 0.0981. The molecule has 2 aromatic carbocycles. The van der Waals surface area contributed by atoms with E-state index in [2.05, 4.69) is 4.72 Å². The van der Waals surface area contributed by atoms with Crippen LogP contribution in [0.15, 0.2) is 53.4 Å². The predicted octanol–water partition coefficient (Wildman–Crippen LogP) is 4.67. The summed E-state index contributed by atoms with van der Waals surface area (Å²) in [5, 5.41) is 0. The number of sulfonamides is 1. The van der Waals surface area contributed by atoms with Crippen LogP contribution in [0.4, 0.5) is 5.69 Å². The van der Waals surface area contributed by atoms with E-state index in [-0.39, 0.29) is 18.0 Å².